The predicted molar refractivity (Wildman–Crippen MR) is 73.0 cm³/mol. The van der Waals surface area contributed by atoms with Gasteiger partial charge in [-0.15, -0.1) is 0 Å². The lowest BCUT2D eigenvalue weighted by Crippen LogP contribution is -2.46. The monoisotopic (exact) mass is 277 g/mol. The number of aromatic nitrogens is 1. The molecular weight excluding hydrogens is 258 g/mol. The van der Waals surface area contributed by atoms with Crippen LogP contribution in [-0.4, -0.2) is 28.6 Å². The number of aliphatic carboxylic acids is 1. The van der Waals surface area contributed by atoms with Crippen molar-refractivity contribution in [3.63, 3.8) is 0 Å². The summed E-state index contributed by atoms with van der Waals surface area (Å²) in [7, 11) is 0. The molecule has 6 heteroatoms. The molecule has 0 radical (unpaired) electrons. The van der Waals surface area contributed by atoms with E-state index in [4.69, 9.17) is 5.11 Å². The minimum Gasteiger partial charge on any atom is -0.481 e. The van der Waals surface area contributed by atoms with Crippen molar-refractivity contribution in [3.05, 3.63) is 30.1 Å². The number of amides is 2. The number of hydrogen-bond donors (Lipinski definition) is 3. The zero-order valence-corrected chi connectivity index (χ0v) is 11.3. The average molecular weight is 277 g/mol. The zero-order chi connectivity index (χ0) is 14.4. The second-order valence-electron chi connectivity index (χ2n) is 5.32. The van der Waals surface area contributed by atoms with Crippen LogP contribution in [0, 0.1) is 5.41 Å². The second kappa shape index (κ2) is 6.36. The maximum atomic E-state index is 11.7. The topological polar surface area (TPSA) is 91.3 Å². The minimum absolute atomic E-state index is 0.121. The van der Waals surface area contributed by atoms with Crippen molar-refractivity contribution in [2.45, 2.75) is 32.2 Å². The highest BCUT2D eigenvalue weighted by atomic mass is 16.4. The molecule has 3 N–H and O–H groups in total. The number of carbonyl (C=O) groups excluding carboxylic acids is 1. The highest BCUT2D eigenvalue weighted by molar-refractivity contribution is 5.74. The zero-order valence-electron chi connectivity index (χ0n) is 11.3. The summed E-state index contributed by atoms with van der Waals surface area (Å²) in [4.78, 5) is 26.5. The van der Waals surface area contributed by atoms with Gasteiger partial charge in [0.2, 0.25) is 0 Å². The van der Waals surface area contributed by atoms with E-state index in [1.807, 2.05) is 12.1 Å². The largest absolute Gasteiger partial charge is 0.481 e. The predicted octanol–water partition coefficient (Wildman–Crippen LogP) is 1.53. The van der Waals surface area contributed by atoms with E-state index in [0.717, 1.165) is 24.8 Å². The van der Waals surface area contributed by atoms with E-state index in [1.165, 1.54) is 0 Å². The van der Waals surface area contributed by atoms with Crippen molar-refractivity contribution >= 4 is 12.0 Å². The Morgan fingerprint density at radius 3 is 2.70 bits per heavy atom. The van der Waals surface area contributed by atoms with Gasteiger partial charge in [0.05, 0.1) is 6.42 Å². The van der Waals surface area contributed by atoms with Gasteiger partial charge in [-0.2, -0.15) is 0 Å². The van der Waals surface area contributed by atoms with Crippen molar-refractivity contribution in [3.8, 4) is 0 Å². The third-order valence-corrected chi connectivity index (χ3v) is 3.74. The average Bonchev–Trinajstić information content (AvgIpc) is 2.40. The van der Waals surface area contributed by atoms with E-state index in [2.05, 4.69) is 15.6 Å². The number of carboxylic acid groups (broad SMARTS) is 1. The van der Waals surface area contributed by atoms with Crippen molar-refractivity contribution in [2.24, 2.45) is 5.41 Å². The first kappa shape index (κ1) is 14.3. The van der Waals surface area contributed by atoms with Crippen LogP contribution in [0.25, 0.3) is 0 Å². The van der Waals surface area contributed by atoms with Crippen molar-refractivity contribution in [1.82, 2.24) is 15.6 Å². The molecule has 108 valence electrons. The number of carbonyl (C=O) groups is 2. The standard InChI is InChI=1S/C14H19N3O3/c18-12(19)7-14(4-2-5-14)10-17-13(20)16-9-11-3-1-6-15-8-11/h1,3,6,8H,2,4-5,7,9-10H2,(H,18,19)(H2,16,17,20). The Labute approximate surface area is 117 Å². The highest BCUT2D eigenvalue weighted by Crippen LogP contribution is 2.43. The molecule has 1 heterocycles. The van der Waals surface area contributed by atoms with Crippen LogP contribution in [0.15, 0.2) is 24.5 Å². The summed E-state index contributed by atoms with van der Waals surface area (Å²) >= 11 is 0. The maximum Gasteiger partial charge on any atom is 0.315 e. The molecule has 1 aromatic rings. The number of nitrogens with zero attached hydrogens (tertiary/aromatic N) is 1. The maximum absolute atomic E-state index is 11.7. The Hall–Kier alpha value is -2.11. The summed E-state index contributed by atoms with van der Waals surface area (Å²) in [5, 5.41) is 14.4. The molecule has 2 rings (SSSR count). The summed E-state index contributed by atoms with van der Waals surface area (Å²) in [5.74, 6) is -0.803. The Balaban J connectivity index is 1.73. The molecule has 0 aromatic carbocycles. The Morgan fingerprint density at radius 1 is 1.35 bits per heavy atom. The molecule has 6 nitrogen and oxygen atoms in total. The number of carboxylic acids is 1. The van der Waals surface area contributed by atoms with E-state index in [0.29, 0.717) is 13.1 Å². The Kier molecular flexibility index (Phi) is 4.55. The summed E-state index contributed by atoms with van der Waals surface area (Å²) in [6.45, 7) is 0.823. The SMILES string of the molecule is O=C(O)CC1(CNC(=O)NCc2cccnc2)CCC1. The lowest BCUT2D eigenvalue weighted by Gasteiger charge is -2.40. The molecule has 0 saturated heterocycles. The fraction of sp³-hybridized carbons (Fsp3) is 0.500. The van der Waals surface area contributed by atoms with Crippen LogP contribution < -0.4 is 10.6 Å². The molecule has 1 aromatic heterocycles. The first-order chi connectivity index (χ1) is 9.60. The van der Waals surface area contributed by atoms with Crippen molar-refractivity contribution in [2.75, 3.05) is 6.54 Å². The van der Waals surface area contributed by atoms with Crippen LogP contribution in [-0.2, 0) is 11.3 Å². The molecule has 0 spiro atoms. The first-order valence-corrected chi connectivity index (χ1v) is 6.72. The fourth-order valence-corrected chi connectivity index (χ4v) is 2.43. The number of hydrogen-bond acceptors (Lipinski definition) is 3. The summed E-state index contributed by atoms with van der Waals surface area (Å²) in [6, 6.07) is 3.42. The van der Waals surface area contributed by atoms with Gasteiger partial charge < -0.3 is 15.7 Å². The van der Waals surface area contributed by atoms with Crippen LogP contribution in [0.4, 0.5) is 4.79 Å². The first-order valence-electron chi connectivity index (χ1n) is 6.72. The number of nitrogens with one attached hydrogen (secondary N) is 2. The molecule has 0 atom stereocenters. The fourth-order valence-electron chi connectivity index (χ4n) is 2.43. The molecule has 0 unspecified atom stereocenters. The quantitative estimate of drug-likeness (QED) is 0.735. The van der Waals surface area contributed by atoms with Gasteiger partial charge in [0.1, 0.15) is 0 Å². The smallest absolute Gasteiger partial charge is 0.315 e. The number of urea groups is 1. The lowest BCUT2D eigenvalue weighted by atomic mass is 9.66. The van der Waals surface area contributed by atoms with Gasteiger partial charge in [-0.3, -0.25) is 9.78 Å². The molecule has 1 fully saturated rings. The van der Waals surface area contributed by atoms with Crippen LogP contribution in [0.5, 0.6) is 0 Å². The van der Waals surface area contributed by atoms with Gasteiger partial charge in [0, 0.05) is 25.5 Å². The van der Waals surface area contributed by atoms with E-state index >= 15 is 0 Å². The summed E-state index contributed by atoms with van der Waals surface area (Å²) < 4.78 is 0. The Morgan fingerprint density at radius 2 is 2.15 bits per heavy atom. The lowest BCUT2D eigenvalue weighted by molar-refractivity contribution is -0.141. The summed E-state index contributed by atoms with van der Waals surface area (Å²) in [5.41, 5.74) is 0.670. The third kappa shape index (κ3) is 3.94. The second-order valence-corrected chi connectivity index (χ2v) is 5.32. The molecule has 2 amide bonds. The molecular formula is C14H19N3O3. The van der Waals surface area contributed by atoms with Crippen molar-refractivity contribution in [1.29, 1.82) is 0 Å². The highest BCUT2D eigenvalue weighted by Gasteiger charge is 2.39. The van der Waals surface area contributed by atoms with Gasteiger partial charge in [-0.25, -0.2) is 4.79 Å². The van der Waals surface area contributed by atoms with Crippen molar-refractivity contribution < 1.29 is 14.7 Å². The van der Waals surface area contributed by atoms with Gasteiger partial charge in [0.15, 0.2) is 0 Å². The number of pyridine rings is 1. The van der Waals surface area contributed by atoms with Gasteiger partial charge in [-0.1, -0.05) is 12.5 Å². The normalized spacial score (nSPS) is 16.0. The Bertz CT molecular complexity index is 472. The van der Waals surface area contributed by atoms with E-state index in [-0.39, 0.29) is 17.9 Å². The molecule has 0 bridgehead atoms. The number of rotatable bonds is 6. The van der Waals surface area contributed by atoms with E-state index in [1.54, 1.807) is 12.4 Å². The van der Waals surface area contributed by atoms with E-state index in [9.17, 15) is 9.59 Å². The van der Waals surface area contributed by atoms with Crippen LogP contribution in [0.1, 0.15) is 31.2 Å². The van der Waals surface area contributed by atoms with Crippen LogP contribution in [0.3, 0.4) is 0 Å². The van der Waals surface area contributed by atoms with Crippen LogP contribution >= 0.6 is 0 Å². The van der Waals surface area contributed by atoms with Gasteiger partial charge >= 0.3 is 12.0 Å². The summed E-state index contributed by atoms with van der Waals surface area (Å²) in [6.07, 6.45) is 6.25. The third-order valence-electron chi connectivity index (χ3n) is 3.74. The molecule has 1 aliphatic rings. The van der Waals surface area contributed by atoms with Gasteiger partial charge in [-0.05, 0) is 29.9 Å². The van der Waals surface area contributed by atoms with Crippen LogP contribution in [0.2, 0.25) is 0 Å². The van der Waals surface area contributed by atoms with E-state index < -0.39 is 5.97 Å². The molecule has 0 aliphatic heterocycles. The molecule has 1 aliphatic carbocycles. The molecule has 20 heavy (non-hydrogen) atoms. The van der Waals surface area contributed by atoms with Gasteiger partial charge in [0.25, 0.3) is 0 Å². The molecule has 1 saturated carbocycles. The minimum atomic E-state index is -0.803.